The van der Waals surface area contributed by atoms with Crippen LogP contribution in [0.3, 0.4) is 0 Å². The SMILES string of the molecule is CC(=O)N1CCc2nc(-c3cccnc3)nc(N3CCCCC3)c2C1. The van der Waals surface area contributed by atoms with E-state index in [1.54, 1.807) is 13.1 Å². The highest BCUT2D eigenvalue weighted by atomic mass is 16.2. The largest absolute Gasteiger partial charge is 0.356 e. The van der Waals surface area contributed by atoms with E-state index in [4.69, 9.17) is 9.97 Å². The minimum absolute atomic E-state index is 0.117. The highest BCUT2D eigenvalue weighted by Gasteiger charge is 2.27. The summed E-state index contributed by atoms with van der Waals surface area (Å²) in [6.45, 7) is 5.03. The number of carbonyl (C=O) groups excluding carboxylic acids is 1. The highest BCUT2D eigenvalue weighted by Crippen LogP contribution is 2.31. The Kier molecular flexibility index (Phi) is 4.34. The third kappa shape index (κ3) is 3.21. The number of pyridine rings is 1. The number of carbonyl (C=O) groups is 1. The first kappa shape index (κ1) is 16.0. The van der Waals surface area contributed by atoms with Crippen LogP contribution in [0, 0.1) is 0 Å². The van der Waals surface area contributed by atoms with Crippen LogP contribution in [0.4, 0.5) is 5.82 Å². The van der Waals surface area contributed by atoms with Crippen molar-refractivity contribution in [2.45, 2.75) is 39.2 Å². The number of hydrogen-bond donors (Lipinski definition) is 0. The summed E-state index contributed by atoms with van der Waals surface area (Å²) < 4.78 is 0. The number of piperidine rings is 1. The zero-order chi connectivity index (χ0) is 17.2. The second-order valence-corrected chi connectivity index (χ2v) is 6.78. The Morgan fingerprint density at radius 2 is 1.96 bits per heavy atom. The normalized spacial score (nSPS) is 17.3. The maximum absolute atomic E-state index is 11.8. The summed E-state index contributed by atoms with van der Waals surface area (Å²) in [6, 6.07) is 3.91. The lowest BCUT2D eigenvalue weighted by atomic mass is 10.0. The predicted molar refractivity (Wildman–Crippen MR) is 96.1 cm³/mol. The lowest BCUT2D eigenvalue weighted by molar-refractivity contribution is -0.129. The first-order chi connectivity index (χ1) is 12.2. The van der Waals surface area contributed by atoms with Crippen molar-refractivity contribution < 1.29 is 4.79 Å². The molecule has 6 heteroatoms. The molecule has 1 saturated heterocycles. The van der Waals surface area contributed by atoms with E-state index in [1.165, 1.54) is 19.3 Å². The number of aromatic nitrogens is 3. The Bertz CT molecular complexity index is 771. The first-order valence-corrected chi connectivity index (χ1v) is 9.03. The van der Waals surface area contributed by atoms with Crippen LogP contribution >= 0.6 is 0 Å². The van der Waals surface area contributed by atoms with Crippen LogP contribution in [0.1, 0.15) is 37.4 Å². The maximum Gasteiger partial charge on any atom is 0.219 e. The van der Waals surface area contributed by atoms with Gasteiger partial charge >= 0.3 is 0 Å². The number of amides is 1. The Morgan fingerprint density at radius 3 is 2.68 bits per heavy atom. The van der Waals surface area contributed by atoms with Crippen molar-refractivity contribution in [3.05, 3.63) is 35.8 Å². The van der Waals surface area contributed by atoms with Gasteiger partial charge in [-0.15, -0.1) is 0 Å². The van der Waals surface area contributed by atoms with Gasteiger partial charge in [0.1, 0.15) is 5.82 Å². The van der Waals surface area contributed by atoms with Crippen molar-refractivity contribution in [3.8, 4) is 11.4 Å². The molecule has 0 N–H and O–H groups in total. The number of anilines is 1. The summed E-state index contributed by atoms with van der Waals surface area (Å²) in [5.74, 6) is 1.87. The number of nitrogens with zero attached hydrogens (tertiary/aromatic N) is 5. The Labute approximate surface area is 147 Å². The molecule has 0 bridgehead atoms. The molecule has 0 aromatic carbocycles. The smallest absolute Gasteiger partial charge is 0.219 e. The fourth-order valence-corrected chi connectivity index (χ4v) is 3.66. The monoisotopic (exact) mass is 337 g/mol. The molecule has 0 radical (unpaired) electrons. The van der Waals surface area contributed by atoms with Crippen LogP contribution in [-0.2, 0) is 17.8 Å². The summed E-state index contributed by atoms with van der Waals surface area (Å²) in [4.78, 5) is 30.0. The van der Waals surface area contributed by atoms with E-state index in [9.17, 15) is 4.79 Å². The summed E-state index contributed by atoms with van der Waals surface area (Å²) in [5.41, 5.74) is 3.14. The predicted octanol–water partition coefficient (Wildman–Crippen LogP) is 2.43. The van der Waals surface area contributed by atoms with E-state index in [1.807, 2.05) is 23.2 Å². The molecular formula is C19H23N5O. The van der Waals surface area contributed by atoms with Crippen molar-refractivity contribution in [1.29, 1.82) is 0 Å². The van der Waals surface area contributed by atoms with E-state index in [0.717, 1.165) is 54.5 Å². The van der Waals surface area contributed by atoms with Crippen molar-refractivity contribution >= 4 is 11.7 Å². The fraction of sp³-hybridized carbons (Fsp3) is 0.474. The Hall–Kier alpha value is -2.50. The summed E-state index contributed by atoms with van der Waals surface area (Å²) >= 11 is 0. The van der Waals surface area contributed by atoms with E-state index in [2.05, 4.69) is 9.88 Å². The van der Waals surface area contributed by atoms with Gasteiger partial charge in [-0.2, -0.15) is 0 Å². The molecule has 4 rings (SSSR count). The van der Waals surface area contributed by atoms with Gasteiger partial charge in [-0.3, -0.25) is 9.78 Å². The van der Waals surface area contributed by atoms with Gasteiger partial charge in [0.15, 0.2) is 5.82 Å². The van der Waals surface area contributed by atoms with Gasteiger partial charge in [0, 0.05) is 56.5 Å². The standard InChI is InChI=1S/C19H23N5O/c1-14(25)24-11-7-17-16(13-24)19(23-9-3-2-4-10-23)22-18(21-17)15-6-5-8-20-12-15/h5-6,8,12H,2-4,7,9-11,13H2,1H3. The average Bonchev–Trinajstić information content (AvgIpc) is 2.68. The fourth-order valence-electron chi connectivity index (χ4n) is 3.66. The van der Waals surface area contributed by atoms with E-state index in [0.29, 0.717) is 6.54 Å². The quantitative estimate of drug-likeness (QED) is 0.842. The van der Waals surface area contributed by atoms with Crippen LogP contribution in [0.25, 0.3) is 11.4 Å². The van der Waals surface area contributed by atoms with Crippen molar-refractivity contribution in [3.63, 3.8) is 0 Å². The van der Waals surface area contributed by atoms with Crippen molar-refractivity contribution in [2.24, 2.45) is 0 Å². The molecule has 25 heavy (non-hydrogen) atoms. The zero-order valence-corrected chi connectivity index (χ0v) is 14.6. The van der Waals surface area contributed by atoms with Gasteiger partial charge in [0.05, 0.1) is 12.2 Å². The van der Waals surface area contributed by atoms with Crippen molar-refractivity contribution in [2.75, 3.05) is 24.5 Å². The second kappa shape index (κ2) is 6.78. The van der Waals surface area contributed by atoms with Gasteiger partial charge in [-0.05, 0) is 31.4 Å². The van der Waals surface area contributed by atoms with Crippen LogP contribution in [-0.4, -0.2) is 45.4 Å². The molecule has 4 heterocycles. The molecule has 0 spiro atoms. The molecule has 0 saturated carbocycles. The average molecular weight is 337 g/mol. The van der Waals surface area contributed by atoms with E-state index < -0.39 is 0 Å². The minimum atomic E-state index is 0.117. The van der Waals surface area contributed by atoms with Crippen LogP contribution < -0.4 is 4.90 Å². The van der Waals surface area contributed by atoms with Gasteiger partial charge in [-0.1, -0.05) is 0 Å². The second-order valence-electron chi connectivity index (χ2n) is 6.78. The summed E-state index contributed by atoms with van der Waals surface area (Å²) in [7, 11) is 0. The molecule has 2 aromatic heterocycles. The molecule has 2 aliphatic rings. The van der Waals surface area contributed by atoms with E-state index >= 15 is 0 Å². The lowest BCUT2D eigenvalue weighted by Gasteiger charge is -2.34. The Morgan fingerprint density at radius 1 is 1.12 bits per heavy atom. The Balaban J connectivity index is 1.79. The molecular weight excluding hydrogens is 314 g/mol. The first-order valence-electron chi connectivity index (χ1n) is 9.03. The molecule has 2 aromatic rings. The van der Waals surface area contributed by atoms with Crippen LogP contribution in [0.5, 0.6) is 0 Å². The van der Waals surface area contributed by atoms with Gasteiger partial charge < -0.3 is 9.80 Å². The molecule has 2 aliphatic heterocycles. The molecule has 1 fully saturated rings. The number of hydrogen-bond acceptors (Lipinski definition) is 5. The number of fused-ring (bicyclic) bond motifs is 1. The zero-order valence-electron chi connectivity index (χ0n) is 14.6. The lowest BCUT2D eigenvalue weighted by Crippen LogP contribution is -2.38. The third-order valence-corrected chi connectivity index (χ3v) is 5.06. The highest BCUT2D eigenvalue weighted by molar-refractivity contribution is 5.74. The van der Waals surface area contributed by atoms with Crippen molar-refractivity contribution in [1.82, 2.24) is 19.9 Å². The van der Waals surface area contributed by atoms with E-state index in [-0.39, 0.29) is 5.91 Å². The maximum atomic E-state index is 11.8. The molecule has 0 atom stereocenters. The van der Waals surface area contributed by atoms with Crippen LogP contribution in [0.2, 0.25) is 0 Å². The molecule has 130 valence electrons. The number of rotatable bonds is 2. The molecule has 0 unspecified atom stereocenters. The van der Waals surface area contributed by atoms with Gasteiger partial charge in [-0.25, -0.2) is 9.97 Å². The van der Waals surface area contributed by atoms with Crippen LogP contribution in [0.15, 0.2) is 24.5 Å². The third-order valence-electron chi connectivity index (χ3n) is 5.06. The van der Waals surface area contributed by atoms with Gasteiger partial charge in [0.2, 0.25) is 5.91 Å². The molecule has 6 nitrogen and oxygen atoms in total. The topological polar surface area (TPSA) is 62.2 Å². The summed E-state index contributed by atoms with van der Waals surface area (Å²) in [6.07, 6.45) is 8.02. The molecule has 1 amide bonds. The van der Waals surface area contributed by atoms with Gasteiger partial charge in [0.25, 0.3) is 0 Å². The molecule has 0 aliphatic carbocycles. The minimum Gasteiger partial charge on any atom is -0.356 e. The summed E-state index contributed by atoms with van der Waals surface area (Å²) in [5, 5.41) is 0.